The van der Waals surface area contributed by atoms with Crippen molar-refractivity contribution in [1.82, 2.24) is 0 Å². The van der Waals surface area contributed by atoms with Crippen LogP contribution in [0.5, 0.6) is 0 Å². The predicted octanol–water partition coefficient (Wildman–Crippen LogP) is -5.40. The molecule has 0 saturated carbocycles. The molecule has 2 rings (SSSR count). The minimum atomic E-state index is -1.76. The highest BCUT2D eigenvalue weighted by atomic mass is 16.7. The average molecular weight is 342 g/mol. The summed E-state index contributed by atoms with van der Waals surface area (Å²) < 4.78 is 15.1. The smallest absolute Gasteiger partial charge is 0.187 e. The molecule has 2 aliphatic rings. The molecule has 2 fully saturated rings. The van der Waals surface area contributed by atoms with Crippen LogP contribution < -0.4 is 0 Å². The van der Waals surface area contributed by atoms with Crippen LogP contribution in [0.15, 0.2) is 0 Å². The van der Waals surface area contributed by atoms with Crippen molar-refractivity contribution in [3.8, 4) is 0 Å². The Hall–Kier alpha value is -0.440. The van der Waals surface area contributed by atoms with E-state index in [1.807, 2.05) is 0 Å². The molecule has 0 bridgehead atoms. The second-order valence-corrected chi connectivity index (χ2v) is 5.53. The fourth-order valence-corrected chi connectivity index (χ4v) is 2.56. The van der Waals surface area contributed by atoms with Gasteiger partial charge in [-0.1, -0.05) is 0 Å². The molecule has 0 radical (unpaired) electrons. The molecule has 2 aliphatic heterocycles. The van der Waals surface area contributed by atoms with Crippen LogP contribution in [0, 0.1) is 0 Å². The van der Waals surface area contributed by atoms with E-state index in [0.717, 1.165) is 0 Å². The van der Waals surface area contributed by atoms with Crippen LogP contribution in [0.25, 0.3) is 0 Å². The van der Waals surface area contributed by atoms with E-state index >= 15 is 0 Å². The zero-order chi connectivity index (χ0) is 17.3. The standard InChI is InChI=1S/C12H22O11/c13-1-3-5(15)7(17)8(18)12(22-3)23-10-6(16)4(2-14)21-11(20)9(10)19/h3-20H,1-2H2/t3-,4-,5+,6+,7+,8-,9-,10+,11-,12?/m1/s1. The van der Waals surface area contributed by atoms with Crippen molar-refractivity contribution >= 4 is 0 Å². The van der Waals surface area contributed by atoms with Gasteiger partial charge in [0.1, 0.15) is 48.8 Å². The van der Waals surface area contributed by atoms with Gasteiger partial charge < -0.3 is 55.1 Å². The fourth-order valence-electron chi connectivity index (χ4n) is 2.56. The Morgan fingerprint density at radius 3 is 1.78 bits per heavy atom. The Bertz CT molecular complexity index is 380. The Morgan fingerprint density at radius 1 is 0.652 bits per heavy atom. The van der Waals surface area contributed by atoms with Crippen molar-refractivity contribution in [2.24, 2.45) is 0 Å². The van der Waals surface area contributed by atoms with Crippen molar-refractivity contribution in [3.63, 3.8) is 0 Å². The molecule has 11 nitrogen and oxygen atoms in total. The summed E-state index contributed by atoms with van der Waals surface area (Å²) in [6, 6.07) is 0. The van der Waals surface area contributed by atoms with Crippen LogP contribution in [0.1, 0.15) is 0 Å². The molecule has 0 aromatic heterocycles. The molecule has 8 N–H and O–H groups in total. The van der Waals surface area contributed by atoms with Gasteiger partial charge in [-0.15, -0.1) is 0 Å². The molecule has 0 aromatic rings. The molecule has 2 saturated heterocycles. The lowest BCUT2D eigenvalue weighted by Crippen LogP contribution is -2.64. The number of aliphatic hydroxyl groups excluding tert-OH is 8. The van der Waals surface area contributed by atoms with Crippen molar-refractivity contribution in [2.75, 3.05) is 13.2 Å². The molecule has 0 amide bonds. The van der Waals surface area contributed by atoms with Crippen LogP contribution in [-0.4, -0.2) is 115 Å². The molecule has 0 aliphatic carbocycles. The van der Waals surface area contributed by atoms with Crippen LogP contribution >= 0.6 is 0 Å². The van der Waals surface area contributed by atoms with Gasteiger partial charge in [0.15, 0.2) is 12.6 Å². The predicted molar refractivity (Wildman–Crippen MR) is 68.6 cm³/mol. The van der Waals surface area contributed by atoms with Gasteiger partial charge in [0.25, 0.3) is 0 Å². The van der Waals surface area contributed by atoms with Gasteiger partial charge in [-0.2, -0.15) is 0 Å². The fraction of sp³-hybridized carbons (Fsp3) is 1.00. The quantitative estimate of drug-likeness (QED) is 0.243. The Morgan fingerprint density at radius 2 is 1.22 bits per heavy atom. The maximum Gasteiger partial charge on any atom is 0.187 e. The van der Waals surface area contributed by atoms with Crippen molar-refractivity contribution in [3.05, 3.63) is 0 Å². The van der Waals surface area contributed by atoms with Crippen LogP contribution in [-0.2, 0) is 14.2 Å². The first-order chi connectivity index (χ1) is 10.8. The number of ether oxygens (including phenoxy) is 3. The monoisotopic (exact) mass is 342 g/mol. The van der Waals surface area contributed by atoms with Crippen molar-refractivity contribution in [2.45, 2.75) is 61.4 Å². The molecule has 2 heterocycles. The third-order valence-corrected chi connectivity index (χ3v) is 3.98. The zero-order valence-electron chi connectivity index (χ0n) is 12.0. The highest BCUT2D eigenvalue weighted by Crippen LogP contribution is 2.28. The average Bonchev–Trinajstić information content (AvgIpc) is 2.54. The normalized spacial score (nSPS) is 51.7. The molecular weight excluding hydrogens is 320 g/mol. The largest absolute Gasteiger partial charge is 0.394 e. The summed E-state index contributed by atoms with van der Waals surface area (Å²) in [7, 11) is 0. The van der Waals surface area contributed by atoms with Gasteiger partial charge >= 0.3 is 0 Å². The molecular formula is C12H22O11. The molecule has 0 spiro atoms. The summed E-state index contributed by atoms with van der Waals surface area (Å²) in [5.74, 6) is 0. The number of hydrogen-bond acceptors (Lipinski definition) is 11. The van der Waals surface area contributed by atoms with E-state index in [0.29, 0.717) is 0 Å². The van der Waals surface area contributed by atoms with E-state index in [-0.39, 0.29) is 0 Å². The first-order valence-corrected chi connectivity index (χ1v) is 7.08. The topological polar surface area (TPSA) is 190 Å². The Labute approximate surface area is 130 Å². The third kappa shape index (κ3) is 3.65. The molecule has 11 heteroatoms. The van der Waals surface area contributed by atoms with E-state index in [2.05, 4.69) is 0 Å². The Balaban J connectivity index is 2.11. The lowest BCUT2D eigenvalue weighted by Gasteiger charge is -2.45. The van der Waals surface area contributed by atoms with Gasteiger partial charge in [-0.3, -0.25) is 0 Å². The summed E-state index contributed by atoms with van der Waals surface area (Å²) in [4.78, 5) is 0. The van der Waals surface area contributed by atoms with Crippen LogP contribution in [0.3, 0.4) is 0 Å². The van der Waals surface area contributed by atoms with E-state index in [1.54, 1.807) is 0 Å². The maximum absolute atomic E-state index is 10.00. The van der Waals surface area contributed by atoms with Crippen LogP contribution in [0.2, 0.25) is 0 Å². The number of rotatable bonds is 4. The maximum atomic E-state index is 10.00. The summed E-state index contributed by atoms with van der Waals surface area (Å²) >= 11 is 0. The second-order valence-electron chi connectivity index (χ2n) is 5.53. The molecule has 10 atom stereocenters. The molecule has 23 heavy (non-hydrogen) atoms. The number of hydrogen-bond donors (Lipinski definition) is 8. The lowest BCUT2D eigenvalue weighted by atomic mass is 9.97. The molecule has 0 aromatic carbocycles. The summed E-state index contributed by atoms with van der Waals surface area (Å²) in [5.41, 5.74) is 0. The summed E-state index contributed by atoms with van der Waals surface area (Å²) in [6.07, 6.45) is -15.7. The molecule has 1 unspecified atom stereocenters. The minimum absolute atomic E-state index is 0.667. The van der Waals surface area contributed by atoms with E-state index in [1.165, 1.54) is 0 Å². The van der Waals surface area contributed by atoms with Crippen molar-refractivity contribution < 1.29 is 55.1 Å². The van der Waals surface area contributed by atoms with Gasteiger partial charge in [0.2, 0.25) is 0 Å². The lowest BCUT2D eigenvalue weighted by molar-refractivity contribution is -0.355. The first-order valence-electron chi connectivity index (χ1n) is 7.08. The Kier molecular flexibility index (Phi) is 6.27. The van der Waals surface area contributed by atoms with Gasteiger partial charge in [0.05, 0.1) is 13.2 Å². The highest BCUT2D eigenvalue weighted by molar-refractivity contribution is 4.93. The third-order valence-electron chi connectivity index (χ3n) is 3.98. The van der Waals surface area contributed by atoms with Gasteiger partial charge in [-0.25, -0.2) is 0 Å². The highest BCUT2D eigenvalue weighted by Gasteiger charge is 2.50. The number of aliphatic hydroxyl groups is 8. The van der Waals surface area contributed by atoms with Gasteiger partial charge in [0, 0.05) is 0 Å². The first kappa shape index (κ1) is 18.9. The SMILES string of the molecule is OC[C@H]1OC(O[C@@H]2[C@@H](O)[C@H](O)O[C@H](CO)[C@@H]2O)[C@H](O)[C@@H](O)[C@H]1O. The van der Waals surface area contributed by atoms with E-state index in [9.17, 15) is 30.6 Å². The zero-order valence-corrected chi connectivity index (χ0v) is 12.0. The second kappa shape index (κ2) is 7.63. The van der Waals surface area contributed by atoms with E-state index in [4.69, 9.17) is 24.4 Å². The summed E-state index contributed by atoms with van der Waals surface area (Å²) in [6.45, 7) is -1.34. The molecule has 136 valence electrons. The van der Waals surface area contributed by atoms with E-state index < -0.39 is 74.6 Å². The van der Waals surface area contributed by atoms with Crippen molar-refractivity contribution in [1.29, 1.82) is 0 Å². The minimum Gasteiger partial charge on any atom is -0.394 e. The van der Waals surface area contributed by atoms with Gasteiger partial charge in [-0.05, 0) is 0 Å². The van der Waals surface area contributed by atoms with Crippen LogP contribution in [0.4, 0.5) is 0 Å². The summed E-state index contributed by atoms with van der Waals surface area (Å²) in [5, 5.41) is 76.8.